The van der Waals surface area contributed by atoms with E-state index in [1.165, 1.54) is 7.11 Å². The Bertz CT molecular complexity index is 586. The van der Waals surface area contributed by atoms with E-state index in [-0.39, 0.29) is 5.69 Å². The van der Waals surface area contributed by atoms with Crippen molar-refractivity contribution < 1.29 is 19.4 Å². The molecule has 90 valence electrons. The highest BCUT2D eigenvalue weighted by Crippen LogP contribution is 2.34. The summed E-state index contributed by atoms with van der Waals surface area (Å²) in [5.74, 6) is 0.00626. The molecule has 17 heavy (non-hydrogen) atoms. The second-order valence-corrected chi connectivity index (χ2v) is 3.63. The number of hydrogen-bond donors (Lipinski definition) is 1. The summed E-state index contributed by atoms with van der Waals surface area (Å²) in [6.07, 6.45) is 0. The predicted molar refractivity (Wildman–Crippen MR) is 63.0 cm³/mol. The van der Waals surface area contributed by atoms with Gasteiger partial charge >= 0.3 is 5.97 Å². The maximum atomic E-state index is 11.2. The molecule has 1 N–H and O–H groups in total. The zero-order valence-corrected chi connectivity index (χ0v) is 9.85. The first-order valence-corrected chi connectivity index (χ1v) is 5.03. The van der Waals surface area contributed by atoms with Crippen molar-refractivity contribution in [2.75, 3.05) is 14.2 Å². The van der Waals surface area contributed by atoms with Crippen molar-refractivity contribution in [1.82, 2.24) is 4.57 Å². The number of fused-ring (bicyclic) bond motifs is 1. The number of carboxylic acid groups (broad SMARTS) is 1. The van der Waals surface area contributed by atoms with Gasteiger partial charge in [0.2, 0.25) is 0 Å². The Hall–Kier alpha value is -2.17. The van der Waals surface area contributed by atoms with Crippen LogP contribution in [0.15, 0.2) is 18.2 Å². The SMILES string of the molecule is COc1ccc2c(c1)c(OC)c(C(=O)O)n2C. The number of aryl methyl sites for hydroxylation is 1. The normalized spacial score (nSPS) is 10.5. The molecule has 2 aromatic rings. The van der Waals surface area contributed by atoms with E-state index in [0.29, 0.717) is 11.5 Å². The molecule has 0 amide bonds. The fourth-order valence-electron chi connectivity index (χ4n) is 1.96. The zero-order chi connectivity index (χ0) is 12.6. The topological polar surface area (TPSA) is 60.7 Å². The summed E-state index contributed by atoms with van der Waals surface area (Å²) in [6, 6.07) is 5.36. The standard InChI is InChI=1S/C12H13NO4/c1-13-9-5-4-7(16-2)6-8(9)11(17-3)10(13)12(14)15/h4-6H,1-3H3,(H,14,15). The van der Waals surface area contributed by atoms with Gasteiger partial charge in [0.25, 0.3) is 0 Å². The summed E-state index contributed by atoms with van der Waals surface area (Å²) in [5, 5.41) is 9.90. The molecule has 0 aliphatic rings. The van der Waals surface area contributed by atoms with Crippen LogP contribution in [-0.4, -0.2) is 29.9 Å². The number of benzene rings is 1. The van der Waals surface area contributed by atoms with Gasteiger partial charge in [-0.15, -0.1) is 0 Å². The second-order valence-electron chi connectivity index (χ2n) is 3.63. The first kappa shape index (κ1) is 11.3. The van der Waals surface area contributed by atoms with Crippen LogP contribution in [-0.2, 0) is 7.05 Å². The molecule has 0 saturated carbocycles. The lowest BCUT2D eigenvalue weighted by Crippen LogP contribution is -2.05. The minimum Gasteiger partial charge on any atom is -0.497 e. The van der Waals surface area contributed by atoms with E-state index in [1.807, 2.05) is 6.07 Å². The molecule has 0 saturated heterocycles. The number of carbonyl (C=O) groups is 1. The van der Waals surface area contributed by atoms with E-state index < -0.39 is 5.97 Å². The van der Waals surface area contributed by atoms with Crippen molar-refractivity contribution >= 4 is 16.9 Å². The van der Waals surface area contributed by atoms with Crippen molar-refractivity contribution in [3.8, 4) is 11.5 Å². The molecule has 0 bridgehead atoms. The van der Waals surface area contributed by atoms with Gasteiger partial charge in [-0.3, -0.25) is 0 Å². The Morgan fingerprint density at radius 2 is 2.00 bits per heavy atom. The minimum absolute atomic E-state index is 0.135. The number of aromatic nitrogens is 1. The highest BCUT2D eigenvalue weighted by atomic mass is 16.5. The fraction of sp³-hybridized carbons (Fsp3) is 0.250. The van der Waals surface area contributed by atoms with E-state index in [4.69, 9.17) is 9.47 Å². The predicted octanol–water partition coefficient (Wildman–Crippen LogP) is 1.89. The summed E-state index contributed by atoms with van der Waals surface area (Å²) in [5.41, 5.74) is 0.927. The number of aromatic carboxylic acids is 1. The molecule has 0 unspecified atom stereocenters. The molecule has 1 aromatic carbocycles. The van der Waals surface area contributed by atoms with Crippen LogP contribution in [0.2, 0.25) is 0 Å². The van der Waals surface area contributed by atoms with E-state index in [9.17, 15) is 9.90 Å². The van der Waals surface area contributed by atoms with Crippen LogP contribution < -0.4 is 9.47 Å². The highest BCUT2D eigenvalue weighted by Gasteiger charge is 2.21. The van der Waals surface area contributed by atoms with E-state index in [2.05, 4.69) is 0 Å². The van der Waals surface area contributed by atoms with Gasteiger partial charge in [0.1, 0.15) is 5.75 Å². The Balaban J connectivity index is 2.84. The Morgan fingerprint density at radius 1 is 1.29 bits per heavy atom. The fourth-order valence-corrected chi connectivity index (χ4v) is 1.96. The Morgan fingerprint density at radius 3 is 2.53 bits per heavy atom. The molecule has 0 fully saturated rings. The zero-order valence-electron chi connectivity index (χ0n) is 9.85. The summed E-state index contributed by atoms with van der Waals surface area (Å²) < 4.78 is 11.9. The third-order valence-corrected chi connectivity index (χ3v) is 2.77. The third-order valence-electron chi connectivity index (χ3n) is 2.77. The maximum absolute atomic E-state index is 11.2. The number of rotatable bonds is 3. The van der Waals surface area contributed by atoms with Crippen molar-refractivity contribution in [3.63, 3.8) is 0 Å². The molecule has 0 radical (unpaired) electrons. The first-order valence-electron chi connectivity index (χ1n) is 5.03. The lowest BCUT2D eigenvalue weighted by Gasteiger charge is -2.01. The Kier molecular flexibility index (Phi) is 2.67. The molecule has 0 aliphatic heterocycles. The lowest BCUT2D eigenvalue weighted by atomic mass is 10.2. The lowest BCUT2D eigenvalue weighted by molar-refractivity contribution is 0.0683. The molecule has 0 spiro atoms. The summed E-state index contributed by atoms with van der Waals surface area (Å²) in [6.45, 7) is 0. The van der Waals surface area contributed by atoms with E-state index in [1.54, 1.807) is 30.9 Å². The Labute approximate surface area is 98.2 Å². The summed E-state index contributed by atoms with van der Waals surface area (Å²) >= 11 is 0. The quantitative estimate of drug-likeness (QED) is 0.882. The molecule has 1 aromatic heterocycles. The third kappa shape index (κ3) is 1.60. The first-order chi connectivity index (χ1) is 8.10. The van der Waals surface area contributed by atoms with Crippen molar-refractivity contribution in [2.45, 2.75) is 0 Å². The smallest absolute Gasteiger partial charge is 0.356 e. The summed E-state index contributed by atoms with van der Waals surface area (Å²) in [4.78, 5) is 11.2. The van der Waals surface area contributed by atoms with Gasteiger partial charge in [-0.05, 0) is 18.2 Å². The van der Waals surface area contributed by atoms with Crippen LogP contribution >= 0.6 is 0 Å². The molecule has 5 nitrogen and oxygen atoms in total. The van der Waals surface area contributed by atoms with Crippen LogP contribution in [0, 0.1) is 0 Å². The monoisotopic (exact) mass is 235 g/mol. The van der Waals surface area contributed by atoms with Gasteiger partial charge in [-0.2, -0.15) is 0 Å². The molecule has 2 rings (SSSR count). The van der Waals surface area contributed by atoms with Crippen molar-refractivity contribution in [2.24, 2.45) is 7.05 Å². The van der Waals surface area contributed by atoms with Crippen LogP contribution in [0.5, 0.6) is 11.5 Å². The van der Waals surface area contributed by atoms with Gasteiger partial charge in [0.05, 0.1) is 19.7 Å². The van der Waals surface area contributed by atoms with E-state index >= 15 is 0 Å². The van der Waals surface area contributed by atoms with Crippen molar-refractivity contribution in [1.29, 1.82) is 0 Å². The van der Waals surface area contributed by atoms with Crippen LogP contribution in [0.1, 0.15) is 10.5 Å². The number of hydrogen-bond acceptors (Lipinski definition) is 3. The van der Waals surface area contributed by atoms with Gasteiger partial charge in [0, 0.05) is 12.4 Å². The van der Waals surface area contributed by atoms with Gasteiger partial charge in [-0.1, -0.05) is 0 Å². The van der Waals surface area contributed by atoms with Gasteiger partial charge in [0.15, 0.2) is 11.4 Å². The molecule has 0 atom stereocenters. The van der Waals surface area contributed by atoms with Gasteiger partial charge in [-0.25, -0.2) is 4.79 Å². The number of methoxy groups -OCH3 is 2. The molecule has 1 heterocycles. The second kappa shape index (κ2) is 4.01. The van der Waals surface area contributed by atoms with Gasteiger partial charge < -0.3 is 19.1 Å². The minimum atomic E-state index is -1.01. The van der Waals surface area contributed by atoms with E-state index in [0.717, 1.165) is 10.9 Å². The molecular formula is C12H13NO4. The molecule has 5 heteroatoms. The number of ether oxygens (including phenoxy) is 2. The number of nitrogens with zero attached hydrogens (tertiary/aromatic N) is 1. The highest BCUT2D eigenvalue weighted by molar-refractivity contribution is 6.01. The average molecular weight is 235 g/mol. The van der Waals surface area contributed by atoms with Crippen LogP contribution in [0.25, 0.3) is 10.9 Å². The molecule has 0 aliphatic carbocycles. The van der Waals surface area contributed by atoms with Crippen LogP contribution in [0.4, 0.5) is 0 Å². The van der Waals surface area contributed by atoms with Crippen molar-refractivity contribution in [3.05, 3.63) is 23.9 Å². The van der Waals surface area contributed by atoms with Crippen LogP contribution in [0.3, 0.4) is 0 Å². The number of carboxylic acids is 1. The maximum Gasteiger partial charge on any atom is 0.356 e. The molecular weight excluding hydrogens is 222 g/mol. The summed E-state index contributed by atoms with van der Waals surface area (Å²) in [7, 11) is 4.72. The largest absolute Gasteiger partial charge is 0.497 e. The average Bonchev–Trinajstić information content (AvgIpc) is 2.61.